The van der Waals surface area contributed by atoms with Crippen LogP contribution in [0.3, 0.4) is 0 Å². The minimum Gasteiger partial charge on any atom is -0.457 e. The van der Waals surface area contributed by atoms with Gasteiger partial charge in [0.25, 0.3) is 0 Å². The first-order valence-electron chi connectivity index (χ1n) is 9.78. The van der Waals surface area contributed by atoms with E-state index in [2.05, 4.69) is 45.9 Å². The zero-order chi connectivity index (χ0) is 18.8. The Balaban J connectivity index is 1.95. The van der Waals surface area contributed by atoms with E-state index in [1.807, 2.05) is 42.5 Å². The van der Waals surface area contributed by atoms with Crippen molar-refractivity contribution >= 4 is 13.9 Å². The number of hydrogen-bond donors (Lipinski definition) is 0. The van der Waals surface area contributed by atoms with Crippen molar-refractivity contribution < 1.29 is 9.16 Å². The van der Waals surface area contributed by atoms with Crippen LogP contribution in [-0.4, -0.2) is 14.9 Å². The third kappa shape index (κ3) is 5.58. The monoisotopic (exact) mass is 368 g/mol. The maximum Gasteiger partial charge on any atom is 0.191 e. The first-order valence-corrected chi connectivity index (χ1v) is 12.3. The molecule has 26 heavy (non-hydrogen) atoms. The molecule has 2 aromatic carbocycles. The van der Waals surface area contributed by atoms with E-state index in [1.54, 1.807) is 0 Å². The van der Waals surface area contributed by atoms with Gasteiger partial charge in [0.1, 0.15) is 11.5 Å². The van der Waals surface area contributed by atoms with Crippen molar-refractivity contribution in [1.82, 2.24) is 0 Å². The van der Waals surface area contributed by atoms with E-state index >= 15 is 0 Å². The number of allylic oxidation sites excluding steroid dienone is 1. The molecule has 2 aromatic rings. The van der Waals surface area contributed by atoms with Gasteiger partial charge in [0.05, 0.1) is 0 Å². The van der Waals surface area contributed by atoms with Crippen LogP contribution < -0.4 is 4.74 Å². The Morgan fingerprint density at radius 1 is 0.846 bits per heavy atom. The Kier molecular flexibility index (Phi) is 8.14. The van der Waals surface area contributed by atoms with Crippen LogP contribution in [0.2, 0.25) is 18.1 Å². The molecule has 0 spiro atoms. The normalized spacial score (nSPS) is 12.2. The highest BCUT2D eigenvalue weighted by atomic mass is 28.4. The van der Waals surface area contributed by atoms with Gasteiger partial charge in [-0.05, 0) is 66.9 Å². The van der Waals surface area contributed by atoms with Gasteiger partial charge < -0.3 is 9.16 Å². The molecule has 3 heteroatoms. The maximum absolute atomic E-state index is 6.41. The first-order chi connectivity index (χ1) is 12.7. The van der Waals surface area contributed by atoms with E-state index in [4.69, 9.17) is 9.16 Å². The minimum atomic E-state index is -1.50. The lowest BCUT2D eigenvalue weighted by Gasteiger charge is -2.28. The van der Waals surface area contributed by atoms with Gasteiger partial charge in [-0.1, -0.05) is 57.2 Å². The van der Waals surface area contributed by atoms with Gasteiger partial charge in [0.2, 0.25) is 0 Å². The van der Waals surface area contributed by atoms with E-state index < -0.39 is 8.32 Å². The van der Waals surface area contributed by atoms with Gasteiger partial charge in [-0.25, -0.2) is 0 Å². The second kappa shape index (κ2) is 10.3. The predicted octanol–water partition coefficient (Wildman–Crippen LogP) is 7.29. The number of benzene rings is 2. The SMILES string of the molecule is C/C=C(\CCO[Si](CC)(CC)CC)c1ccc(Oc2ccccc2)cc1. The fourth-order valence-electron chi connectivity index (χ4n) is 3.25. The molecule has 0 aliphatic heterocycles. The summed E-state index contributed by atoms with van der Waals surface area (Å²) < 4.78 is 12.3. The van der Waals surface area contributed by atoms with Crippen LogP contribution in [0.15, 0.2) is 60.7 Å². The Hall–Kier alpha value is -1.84. The largest absolute Gasteiger partial charge is 0.457 e. The molecule has 0 aliphatic carbocycles. The van der Waals surface area contributed by atoms with Crippen molar-refractivity contribution in [2.75, 3.05) is 6.61 Å². The molecular weight excluding hydrogens is 336 g/mol. The molecule has 0 aromatic heterocycles. The number of rotatable bonds is 10. The number of ether oxygens (including phenoxy) is 1. The van der Waals surface area contributed by atoms with Crippen LogP contribution in [0.25, 0.3) is 5.57 Å². The number of hydrogen-bond acceptors (Lipinski definition) is 2. The average Bonchev–Trinajstić information content (AvgIpc) is 2.70. The Labute approximate surface area is 160 Å². The molecular formula is C23H32O2Si. The predicted molar refractivity (Wildman–Crippen MR) is 114 cm³/mol. The fraction of sp³-hybridized carbons (Fsp3) is 0.391. The van der Waals surface area contributed by atoms with Crippen LogP contribution in [0, 0.1) is 0 Å². The van der Waals surface area contributed by atoms with E-state index in [9.17, 15) is 0 Å². The lowest BCUT2D eigenvalue weighted by atomic mass is 10.0. The summed E-state index contributed by atoms with van der Waals surface area (Å²) in [5.74, 6) is 1.72. The van der Waals surface area contributed by atoms with Gasteiger partial charge in [0.15, 0.2) is 8.32 Å². The van der Waals surface area contributed by atoms with Crippen molar-refractivity contribution in [3.63, 3.8) is 0 Å². The summed E-state index contributed by atoms with van der Waals surface area (Å²) in [4.78, 5) is 0. The standard InChI is InChI=1S/C23H32O2Si/c1-5-20(18-19-24-26(6-2,7-3)8-4)21-14-16-23(17-15-21)25-22-12-10-9-11-13-22/h5,9-17H,6-8,18-19H2,1-4H3/b20-5+. The summed E-state index contributed by atoms with van der Waals surface area (Å²) >= 11 is 0. The number of para-hydroxylation sites is 1. The Morgan fingerprint density at radius 2 is 1.42 bits per heavy atom. The summed E-state index contributed by atoms with van der Waals surface area (Å²) in [7, 11) is -1.50. The molecule has 0 unspecified atom stereocenters. The Morgan fingerprint density at radius 3 is 1.96 bits per heavy atom. The van der Waals surface area contributed by atoms with Crippen molar-refractivity contribution in [2.45, 2.75) is 52.2 Å². The highest BCUT2D eigenvalue weighted by Crippen LogP contribution is 2.27. The molecule has 0 aliphatic rings. The maximum atomic E-state index is 6.41. The molecule has 0 saturated carbocycles. The topological polar surface area (TPSA) is 18.5 Å². The molecule has 0 bridgehead atoms. The summed E-state index contributed by atoms with van der Waals surface area (Å²) in [6.07, 6.45) is 3.16. The smallest absolute Gasteiger partial charge is 0.191 e. The second-order valence-electron chi connectivity index (χ2n) is 6.60. The average molecular weight is 369 g/mol. The lowest BCUT2D eigenvalue weighted by molar-refractivity contribution is 0.308. The summed E-state index contributed by atoms with van der Waals surface area (Å²) in [6, 6.07) is 21.8. The molecule has 0 saturated heterocycles. The van der Waals surface area contributed by atoms with Crippen LogP contribution in [-0.2, 0) is 4.43 Å². The van der Waals surface area contributed by atoms with Crippen LogP contribution >= 0.6 is 0 Å². The van der Waals surface area contributed by atoms with Crippen molar-refractivity contribution in [2.24, 2.45) is 0 Å². The molecule has 0 radical (unpaired) electrons. The van der Waals surface area contributed by atoms with E-state index in [-0.39, 0.29) is 0 Å². The lowest BCUT2D eigenvalue weighted by Crippen LogP contribution is -2.36. The van der Waals surface area contributed by atoms with Gasteiger partial charge in [-0.2, -0.15) is 0 Å². The van der Waals surface area contributed by atoms with Gasteiger partial charge >= 0.3 is 0 Å². The third-order valence-corrected chi connectivity index (χ3v) is 9.95. The zero-order valence-electron chi connectivity index (χ0n) is 16.6. The minimum absolute atomic E-state index is 0.823. The second-order valence-corrected chi connectivity index (χ2v) is 11.4. The summed E-state index contributed by atoms with van der Waals surface area (Å²) in [5.41, 5.74) is 2.58. The summed E-state index contributed by atoms with van der Waals surface area (Å²) in [5, 5.41) is 0. The molecule has 0 amide bonds. The highest BCUT2D eigenvalue weighted by Gasteiger charge is 2.28. The third-order valence-electron chi connectivity index (χ3n) is 5.27. The van der Waals surface area contributed by atoms with Crippen molar-refractivity contribution in [1.29, 1.82) is 0 Å². The highest BCUT2D eigenvalue weighted by molar-refractivity contribution is 6.73. The molecule has 2 nitrogen and oxygen atoms in total. The van der Waals surface area contributed by atoms with Crippen molar-refractivity contribution in [3.05, 3.63) is 66.2 Å². The van der Waals surface area contributed by atoms with E-state index in [1.165, 1.54) is 29.3 Å². The van der Waals surface area contributed by atoms with Crippen molar-refractivity contribution in [3.8, 4) is 11.5 Å². The first kappa shape index (κ1) is 20.5. The summed E-state index contributed by atoms with van der Waals surface area (Å²) in [6.45, 7) is 9.77. The Bertz CT molecular complexity index is 665. The van der Waals surface area contributed by atoms with Gasteiger partial charge in [-0.3, -0.25) is 0 Å². The van der Waals surface area contributed by atoms with E-state index in [0.29, 0.717) is 0 Å². The van der Waals surface area contributed by atoms with Crippen LogP contribution in [0.5, 0.6) is 11.5 Å². The zero-order valence-corrected chi connectivity index (χ0v) is 17.6. The van der Waals surface area contributed by atoms with Crippen LogP contribution in [0.1, 0.15) is 39.7 Å². The molecule has 0 atom stereocenters. The van der Waals surface area contributed by atoms with E-state index in [0.717, 1.165) is 24.5 Å². The van der Waals surface area contributed by atoms with Crippen LogP contribution in [0.4, 0.5) is 0 Å². The van der Waals surface area contributed by atoms with Gasteiger partial charge in [-0.15, -0.1) is 0 Å². The molecule has 0 heterocycles. The molecule has 2 rings (SSSR count). The molecule has 140 valence electrons. The quantitative estimate of drug-likeness (QED) is 0.410. The fourth-order valence-corrected chi connectivity index (χ4v) is 5.90. The molecule has 0 N–H and O–H groups in total. The van der Waals surface area contributed by atoms with Gasteiger partial charge in [0, 0.05) is 6.61 Å². The molecule has 0 fully saturated rings.